The lowest BCUT2D eigenvalue weighted by Crippen LogP contribution is -2.19. The van der Waals surface area contributed by atoms with Crippen LogP contribution in [-0.2, 0) is 19.6 Å². The van der Waals surface area contributed by atoms with Crippen molar-refractivity contribution >= 4 is 27.9 Å². The second-order valence-electron chi connectivity index (χ2n) is 5.71. The molecule has 0 aliphatic carbocycles. The van der Waals surface area contributed by atoms with Crippen LogP contribution in [0.5, 0.6) is 11.5 Å². The van der Waals surface area contributed by atoms with Gasteiger partial charge in [-0.3, -0.25) is 4.79 Å². The van der Waals surface area contributed by atoms with Gasteiger partial charge in [0, 0.05) is 11.6 Å². The maximum absolute atomic E-state index is 12.1. The molecule has 2 aromatic carbocycles. The lowest BCUT2D eigenvalue weighted by Gasteiger charge is -2.09. The molecule has 29 heavy (non-hydrogen) atoms. The summed E-state index contributed by atoms with van der Waals surface area (Å²) in [7, 11) is 0.425. The van der Waals surface area contributed by atoms with Crippen molar-refractivity contribution in [1.29, 1.82) is 0 Å². The van der Waals surface area contributed by atoms with Crippen LogP contribution in [0.2, 0.25) is 0 Å². The average Bonchev–Trinajstić information content (AvgIpc) is 2.75. The van der Waals surface area contributed by atoms with E-state index in [2.05, 4.69) is 4.72 Å². The normalized spacial score (nSPS) is 11.3. The van der Waals surface area contributed by atoms with Crippen molar-refractivity contribution in [2.45, 2.75) is 4.90 Å². The van der Waals surface area contributed by atoms with Gasteiger partial charge in [-0.25, -0.2) is 17.9 Å². The molecular formula is C20H21NO7S. The fraction of sp³-hybridized carbons (Fsp3) is 0.200. The summed E-state index contributed by atoms with van der Waals surface area (Å²) in [6.07, 6.45) is 2.49. The van der Waals surface area contributed by atoms with Crippen LogP contribution in [0.1, 0.15) is 15.9 Å². The molecule has 154 valence electrons. The van der Waals surface area contributed by atoms with Gasteiger partial charge >= 0.3 is 5.97 Å². The van der Waals surface area contributed by atoms with E-state index in [-0.39, 0.29) is 16.4 Å². The van der Waals surface area contributed by atoms with Gasteiger partial charge in [0.2, 0.25) is 10.0 Å². The van der Waals surface area contributed by atoms with Gasteiger partial charge < -0.3 is 14.2 Å². The van der Waals surface area contributed by atoms with Gasteiger partial charge in [0.05, 0.1) is 14.2 Å². The molecule has 0 spiro atoms. The highest BCUT2D eigenvalue weighted by Gasteiger charge is 2.17. The number of hydrogen-bond acceptors (Lipinski definition) is 7. The van der Waals surface area contributed by atoms with Crippen molar-refractivity contribution in [3.8, 4) is 11.5 Å². The van der Waals surface area contributed by atoms with E-state index >= 15 is 0 Å². The van der Waals surface area contributed by atoms with Crippen LogP contribution >= 0.6 is 0 Å². The van der Waals surface area contributed by atoms with E-state index in [1.54, 1.807) is 30.3 Å². The molecule has 0 heterocycles. The number of carbonyl (C=O) groups excluding carboxylic acids is 2. The first-order chi connectivity index (χ1) is 13.8. The minimum absolute atomic E-state index is 0.0623. The van der Waals surface area contributed by atoms with E-state index in [9.17, 15) is 18.0 Å². The van der Waals surface area contributed by atoms with Gasteiger partial charge in [-0.05, 0) is 55.1 Å². The topological polar surface area (TPSA) is 108 Å². The number of hydrogen-bond donors (Lipinski definition) is 1. The number of ketones is 1. The number of ether oxygens (including phenoxy) is 3. The van der Waals surface area contributed by atoms with Crippen molar-refractivity contribution in [2.75, 3.05) is 27.9 Å². The molecule has 8 nitrogen and oxygen atoms in total. The van der Waals surface area contributed by atoms with Gasteiger partial charge in [-0.15, -0.1) is 0 Å². The summed E-state index contributed by atoms with van der Waals surface area (Å²) in [5.41, 5.74) is 0.831. The van der Waals surface area contributed by atoms with E-state index in [4.69, 9.17) is 14.2 Å². The van der Waals surface area contributed by atoms with Crippen molar-refractivity contribution in [1.82, 2.24) is 4.72 Å². The minimum atomic E-state index is -3.74. The van der Waals surface area contributed by atoms with Crippen LogP contribution in [-0.4, -0.2) is 48.0 Å². The SMILES string of the molecule is CNS(=O)(=O)c1cc(/C=C/C(=O)OCC(=O)c2ccc(OC)cc2)ccc1OC. The van der Waals surface area contributed by atoms with Crippen LogP contribution in [0.4, 0.5) is 0 Å². The van der Waals surface area contributed by atoms with Crippen LogP contribution < -0.4 is 14.2 Å². The third kappa shape index (κ3) is 5.90. The molecule has 9 heteroatoms. The lowest BCUT2D eigenvalue weighted by molar-refractivity contribution is -0.136. The Morgan fingerprint density at radius 1 is 1.03 bits per heavy atom. The van der Waals surface area contributed by atoms with E-state index in [1.807, 2.05) is 0 Å². The predicted molar refractivity (Wildman–Crippen MR) is 107 cm³/mol. The highest BCUT2D eigenvalue weighted by molar-refractivity contribution is 7.89. The van der Waals surface area contributed by atoms with Gasteiger partial charge in [0.1, 0.15) is 16.4 Å². The summed E-state index contributed by atoms with van der Waals surface area (Å²) in [6.45, 7) is -0.419. The summed E-state index contributed by atoms with van der Waals surface area (Å²) in [5.74, 6) is -0.313. The van der Waals surface area contributed by atoms with Gasteiger partial charge in [0.15, 0.2) is 12.4 Å². The smallest absolute Gasteiger partial charge is 0.331 e. The molecule has 0 saturated carbocycles. The van der Waals surface area contributed by atoms with Crippen LogP contribution in [0, 0.1) is 0 Å². The van der Waals surface area contributed by atoms with E-state index in [1.165, 1.54) is 39.5 Å². The zero-order valence-corrected chi connectivity index (χ0v) is 17.0. The molecule has 0 aromatic heterocycles. The molecule has 0 saturated heterocycles. The Labute approximate surface area is 169 Å². The summed E-state index contributed by atoms with van der Waals surface area (Å²) >= 11 is 0. The van der Waals surface area contributed by atoms with E-state index in [0.29, 0.717) is 16.9 Å². The zero-order chi connectivity index (χ0) is 21.4. The molecule has 0 aliphatic heterocycles. The Morgan fingerprint density at radius 3 is 2.31 bits per heavy atom. The second kappa shape index (κ2) is 9.85. The van der Waals surface area contributed by atoms with Crippen molar-refractivity contribution in [3.05, 3.63) is 59.7 Å². The lowest BCUT2D eigenvalue weighted by atomic mass is 10.1. The second-order valence-corrected chi connectivity index (χ2v) is 7.57. The van der Waals surface area contributed by atoms with Gasteiger partial charge in [-0.2, -0.15) is 0 Å². The number of rotatable bonds is 9. The Bertz CT molecular complexity index is 1010. The Hall–Kier alpha value is -3.17. The summed E-state index contributed by atoms with van der Waals surface area (Å²) in [5, 5.41) is 0. The molecule has 0 unspecified atom stereocenters. The number of sulfonamides is 1. The Morgan fingerprint density at radius 2 is 1.72 bits per heavy atom. The number of nitrogens with one attached hydrogen (secondary N) is 1. The molecular weight excluding hydrogens is 398 g/mol. The summed E-state index contributed by atoms with van der Waals surface area (Å²) in [6, 6.07) is 10.8. The van der Waals surface area contributed by atoms with Crippen LogP contribution in [0.25, 0.3) is 6.08 Å². The monoisotopic (exact) mass is 419 g/mol. The molecule has 0 amide bonds. The molecule has 0 atom stereocenters. The highest BCUT2D eigenvalue weighted by atomic mass is 32.2. The molecule has 2 rings (SSSR count). The van der Waals surface area contributed by atoms with Crippen molar-refractivity contribution in [3.63, 3.8) is 0 Å². The molecule has 0 bridgehead atoms. The Balaban J connectivity index is 2.03. The molecule has 2 aromatic rings. The van der Waals surface area contributed by atoms with Crippen molar-refractivity contribution in [2.24, 2.45) is 0 Å². The number of methoxy groups -OCH3 is 2. The molecule has 0 radical (unpaired) electrons. The molecule has 1 N–H and O–H groups in total. The first-order valence-electron chi connectivity index (χ1n) is 8.44. The van der Waals surface area contributed by atoms with E-state index < -0.39 is 22.6 Å². The van der Waals surface area contributed by atoms with Crippen LogP contribution in [0.3, 0.4) is 0 Å². The summed E-state index contributed by atoms with van der Waals surface area (Å²) in [4.78, 5) is 23.9. The van der Waals surface area contributed by atoms with E-state index in [0.717, 1.165) is 6.08 Å². The third-order valence-electron chi connectivity index (χ3n) is 3.92. The zero-order valence-electron chi connectivity index (χ0n) is 16.2. The maximum atomic E-state index is 12.1. The molecule has 0 aliphatic rings. The van der Waals surface area contributed by atoms with Gasteiger partial charge in [-0.1, -0.05) is 6.07 Å². The maximum Gasteiger partial charge on any atom is 0.331 e. The third-order valence-corrected chi connectivity index (χ3v) is 5.35. The van der Waals surface area contributed by atoms with Gasteiger partial charge in [0.25, 0.3) is 0 Å². The van der Waals surface area contributed by atoms with Crippen LogP contribution in [0.15, 0.2) is 53.4 Å². The number of esters is 1. The number of benzene rings is 2. The fourth-order valence-corrected chi connectivity index (χ4v) is 3.25. The highest BCUT2D eigenvalue weighted by Crippen LogP contribution is 2.25. The van der Waals surface area contributed by atoms with Crippen molar-refractivity contribution < 1.29 is 32.2 Å². The Kier molecular flexibility index (Phi) is 7.52. The number of carbonyl (C=O) groups is 2. The molecule has 0 fully saturated rings. The predicted octanol–water partition coefficient (Wildman–Crippen LogP) is 2.05. The standard InChI is InChI=1S/C20H21NO7S/c1-21-29(24,25)19-12-14(4-10-18(19)27-3)5-11-20(23)28-13-17(22)15-6-8-16(26-2)9-7-15/h4-12,21H,13H2,1-3H3/b11-5+. The first-order valence-corrected chi connectivity index (χ1v) is 9.92. The first kappa shape index (κ1) is 22.1. The largest absolute Gasteiger partial charge is 0.497 e. The fourth-order valence-electron chi connectivity index (χ4n) is 2.33. The quantitative estimate of drug-likeness (QED) is 0.376. The minimum Gasteiger partial charge on any atom is -0.497 e. The average molecular weight is 419 g/mol. The summed E-state index contributed by atoms with van der Waals surface area (Å²) < 4.78 is 41.4. The number of Topliss-reactive ketones (excluding diaryl/α,β-unsaturated/α-hetero) is 1.